The standard InChI is InChI=1S/C15H13NS/c1-11-7-9-15(2,10-8-11)14-16-12-5-3-4-6-13(12)17-14/h3-10H,1H2,2H3. The lowest BCUT2D eigenvalue weighted by Crippen LogP contribution is -2.17. The molecule has 1 nitrogen and oxygen atoms in total. The number of aromatic nitrogens is 1. The average Bonchev–Trinajstić information content (AvgIpc) is 2.77. The van der Waals surface area contributed by atoms with Crippen molar-refractivity contribution in [3.8, 4) is 0 Å². The quantitative estimate of drug-likeness (QED) is 0.725. The molecular formula is C15H13NS. The summed E-state index contributed by atoms with van der Waals surface area (Å²) in [5.74, 6) is 0. The van der Waals surface area contributed by atoms with Crippen LogP contribution in [0.25, 0.3) is 10.2 Å². The number of thiazole rings is 1. The first-order chi connectivity index (χ1) is 8.17. The summed E-state index contributed by atoms with van der Waals surface area (Å²) in [6, 6.07) is 8.27. The monoisotopic (exact) mass is 239 g/mol. The summed E-state index contributed by atoms with van der Waals surface area (Å²) in [6.45, 7) is 6.11. The van der Waals surface area contributed by atoms with Crippen LogP contribution < -0.4 is 0 Å². The number of para-hydroxylation sites is 1. The molecule has 0 N–H and O–H groups in total. The van der Waals surface area contributed by atoms with E-state index in [9.17, 15) is 0 Å². The third-order valence-corrected chi connectivity index (χ3v) is 4.33. The van der Waals surface area contributed by atoms with Gasteiger partial charge < -0.3 is 0 Å². The molecule has 1 aromatic carbocycles. The van der Waals surface area contributed by atoms with E-state index in [2.05, 4.69) is 56.0 Å². The second-order valence-corrected chi connectivity index (χ2v) is 5.54. The van der Waals surface area contributed by atoms with Gasteiger partial charge in [-0.05, 0) is 24.6 Å². The Morgan fingerprint density at radius 1 is 1.18 bits per heavy atom. The number of hydrogen-bond acceptors (Lipinski definition) is 2. The minimum absolute atomic E-state index is 0.0924. The fourth-order valence-corrected chi connectivity index (χ4v) is 2.99. The molecule has 1 heterocycles. The van der Waals surface area contributed by atoms with Gasteiger partial charge in [0.15, 0.2) is 0 Å². The first-order valence-electron chi connectivity index (χ1n) is 5.61. The third-order valence-electron chi connectivity index (χ3n) is 3.04. The van der Waals surface area contributed by atoms with Gasteiger partial charge in [-0.15, -0.1) is 11.3 Å². The Morgan fingerprint density at radius 2 is 1.88 bits per heavy atom. The highest BCUT2D eigenvalue weighted by atomic mass is 32.1. The van der Waals surface area contributed by atoms with Crippen molar-refractivity contribution in [2.75, 3.05) is 0 Å². The number of nitrogens with zero attached hydrogens (tertiary/aromatic N) is 1. The predicted molar refractivity (Wildman–Crippen MR) is 74.4 cm³/mol. The SMILES string of the molecule is C=C1C=CC(C)(c2nc3ccccc3s2)C=C1. The highest BCUT2D eigenvalue weighted by Gasteiger charge is 2.25. The van der Waals surface area contributed by atoms with E-state index in [-0.39, 0.29) is 5.41 Å². The molecule has 0 saturated carbocycles. The van der Waals surface area contributed by atoms with Crippen LogP contribution >= 0.6 is 11.3 Å². The lowest BCUT2D eigenvalue weighted by atomic mass is 9.86. The Balaban J connectivity index is 2.12. The molecule has 1 aliphatic carbocycles. The fraction of sp³-hybridized carbons (Fsp3) is 0.133. The maximum Gasteiger partial charge on any atom is 0.107 e. The molecule has 1 aliphatic rings. The molecule has 1 aromatic heterocycles. The Kier molecular flexibility index (Phi) is 2.26. The van der Waals surface area contributed by atoms with Gasteiger partial charge in [0, 0.05) is 0 Å². The Labute approximate surface area is 105 Å². The lowest BCUT2D eigenvalue weighted by molar-refractivity contribution is 0.744. The topological polar surface area (TPSA) is 12.9 Å². The van der Waals surface area contributed by atoms with Crippen LogP contribution in [0, 0.1) is 0 Å². The molecule has 0 unspecified atom stereocenters. The molecule has 0 radical (unpaired) electrons. The van der Waals surface area contributed by atoms with E-state index in [1.807, 2.05) is 6.07 Å². The summed E-state index contributed by atoms with van der Waals surface area (Å²) in [6.07, 6.45) is 8.47. The maximum atomic E-state index is 4.72. The van der Waals surface area contributed by atoms with Gasteiger partial charge in [0.2, 0.25) is 0 Å². The molecule has 2 heteroatoms. The van der Waals surface area contributed by atoms with Crippen molar-refractivity contribution in [3.63, 3.8) is 0 Å². The number of fused-ring (bicyclic) bond motifs is 1. The summed E-state index contributed by atoms with van der Waals surface area (Å²) >= 11 is 1.76. The van der Waals surface area contributed by atoms with Crippen LogP contribution in [0.3, 0.4) is 0 Å². The molecule has 17 heavy (non-hydrogen) atoms. The first-order valence-corrected chi connectivity index (χ1v) is 6.42. The van der Waals surface area contributed by atoms with Crippen LogP contribution in [-0.2, 0) is 5.41 Å². The number of benzene rings is 1. The molecular weight excluding hydrogens is 226 g/mol. The van der Waals surface area contributed by atoms with Crippen LogP contribution in [0.1, 0.15) is 11.9 Å². The summed E-state index contributed by atoms with van der Waals surface area (Å²) in [5.41, 5.74) is 2.04. The van der Waals surface area contributed by atoms with E-state index >= 15 is 0 Å². The highest BCUT2D eigenvalue weighted by molar-refractivity contribution is 7.18. The van der Waals surface area contributed by atoms with Gasteiger partial charge >= 0.3 is 0 Å². The second-order valence-electron chi connectivity index (χ2n) is 4.51. The first kappa shape index (κ1) is 10.5. The van der Waals surface area contributed by atoms with Crippen molar-refractivity contribution < 1.29 is 0 Å². The van der Waals surface area contributed by atoms with Crippen LogP contribution in [0.4, 0.5) is 0 Å². The fourth-order valence-electron chi connectivity index (χ4n) is 1.92. The molecule has 0 bridgehead atoms. The third kappa shape index (κ3) is 1.75. The van der Waals surface area contributed by atoms with Crippen LogP contribution in [0.15, 0.2) is 60.7 Å². The van der Waals surface area contributed by atoms with E-state index in [0.29, 0.717) is 0 Å². The minimum Gasteiger partial charge on any atom is -0.240 e. The summed E-state index contributed by atoms with van der Waals surface area (Å²) in [4.78, 5) is 4.72. The van der Waals surface area contributed by atoms with Crippen molar-refractivity contribution in [1.82, 2.24) is 4.98 Å². The highest BCUT2D eigenvalue weighted by Crippen LogP contribution is 2.35. The lowest BCUT2D eigenvalue weighted by Gasteiger charge is -2.21. The molecule has 0 saturated heterocycles. The summed E-state index contributed by atoms with van der Waals surface area (Å²) in [5, 5.41) is 1.14. The summed E-state index contributed by atoms with van der Waals surface area (Å²) < 4.78 is 1.25. The zero-order chi connectivity index (χ0) is 11.9. The van der Waals surface area contributed by atoms with E-state index < -0.39 is 0 Å². The number of rotatable bonds is 1. The van der Waals surface area contributed by atoms with Crippen LogP contribution in [0.2, 0.25) is 0 Å². The van der Waals surface area contributed by atoms with E-state index in [0.717, 1.165) is 16.1 Å². The molecule has 3 rings (SSSR count). The average molecular weight is 239 g/mol. The van der Waals surface area contributed by atoms with Gasteiger partial charge in [0.25, 0.3) is 0 Å². The van der Waals surface area contributed by atoms with Gasteiger partial charge in [0.1, 0.15) is 5.01 Å². The van der Waals surface area contributed by atoms with Crippen LogP contribution in [-0.4, -0.2) is 4.98 Å². The zero-order valence-electron chi connectivity index (χ0n) is 9.68. The molecule has 0 atom stereocenters. The smallest absolute Gasteiger partial charge is 0.107 e. The van der Waals surface area contributed by atoms with Crippen molar-refractivity contribution in [2.24, 2.45) is 0 Å². The zero-order valence-corrected chi connectivity index (χ0v) is 10.5. The van der Waals surface area contributed by atoms with Crippen LogP contribution in [0.5, 0.6) is 0 Å². The van der Waals surface area contributed by atoms with E-state index in [1.54, 1.807) is 11.3 Å². The van der Waals surface area contributed by atoms with Gasteiger partial charge in [-0.2, -0.15) is 0 Å². The molecule has 0 spiro atoms. The van der Waals surface area contributed by atoms with Crippen molar-refractivity contribution in [1.29, 1.82) is 0 Å². The molecule has 84 valence electrons. The normalized spacial score (nSPS) is 17.8. The molecule has 0 aliphatic heterocycles. The largest absolute Gasteiger partial charge is 0.240 e. The van der Waals surface area contributed by atoms with Crippen molar-refractivity contribution >= 4 is 21.6 Å². The maximum absolute atomic E-state index is 4.72. The van der Waals surface area contributed by atoms with Gasteiger partial charge in [0.05, 0.1) is 15.6 Å². The molecule has 0 fully saturated rings. The van der Waals surface area contributed by atoms with E-state index in [1.165, 1.54) is 4.70 Å². The van der Waals surface area contributed by atoms with Gasteiger partial charge in [-0.3, -0.25) is 0 Å². The van der Waals surface area contributed by atoms with E-state index in [4.69, 9.17) is 4.98 Å². The number of hydrogen-bond donors (Lipinski definition) is 0. The van der Waals surface area contributed by atoms with Crippen molar-refractivity contribution in [2.45, 2.75) is 12.3 Å². The molecule has 0 amide bonds. The molecule has 2 aromatic rings. The number of allylic oxidation sites excluding steroid dienone is 5. The predicted octanol–water partition coefficient (Wildman–Crippen LogP) is 4.24. The van der Waals surface area contributed by atoms with Gasteiger partial charge in [-0.1, -0.05) is 43.0 Å². The Hall–Kier alpha value is -1.67. The summed E-state index contributed by atoms with van der Waals surface area (Å²) in [7, 11) is 0. The van der Waals surface area contributed by atoms with Gasteiger partial charge in [-0.25, -0.2) is 4.98 Å². The Bertz CT molecular complexity index is 597. The minimum atomic E-state index is -0.0924. The second kappa shape index (κ2) is 3.67. The Morgan fingerprint density at radius 3 is 2.59 bits per heavy atom. The van der Waals surface area contributed by atoms with Crippen molar-refractivity contribution in [3.05, 3.63) is 65.7 Å².